The highest BCUT2D eigenvalue weighted by Crippen LogP contribution is 2.37. The van der Waals surface area contributed by atoms with Gasteiger partial charge in [0, 0.05) is 38.8 Å². The molecule has 0 unspecified atom stereocenters. The largest absolute Gasteiger partial charge is 0.361 e. The molecule has 0 spiro atoms. The second-order valence-electron chi connectivity index (χ2n) is 11.4. The summed E-state index contributed by atoms with van der Waals surface area (Å²) in [7, 11) is 0. The van der Waals surface area contributed by atoms with Crippen LogP contribution in [-0.2, 0) is 22.4 Å². The van der Waals surface area contributed by atoms with Crippen LogP contribution >= 0.6 is 11.8 Å². The molecule has 7 rings (SSSR count). The van der Waals surface area contributed by atoms with E-state index in [1.54, 1.807) is 42.5 Å². The molecule has 7 nitrogen and oxygen atoms in total. The van der Waals surface area contributed by atoms with Crippen molar-refractivity contribution in [3.8, 4) is 0 Å². The zero-order valence-corrected chi connectivity index (χ0v) is 26.8. The molecule has 1 aliphatic heterocycles. The number of benzene rings is 5. The molecule has 5 aromatic carbocycles. The molecule has 8 heteroatoms. The van der Waals surface area contributed by atoms with Gasteiger partial charge in [0.2, 0.25) is 5.91 Å². The number of thioether (sulfide) groups is 1. The number of anilines is 3. The van der Waals surface area contributed by atoms with Crippen molar-refractivity contribution in [1.29, 1.82) is 0 Å². The van der Waals surface area contributed by atoms with Gasteiger partial charge in [-0.2, -0.15) is 0 Å². The molecule has 3 amide bonds. The maximum atomic E-state index is 13.7. The summed E-state index contributed by atoms with van der Waals surface area (Å²) >= 11 is 1.45. The molecule has 48 heavy (non-hydrogen) atoms. The Morgan fingerprint density at radius 1 is 0.729 bits per heavy atom. The average Bonchev–Trinajstić information content (AvgIpc) is 3.45. The van der Waals surface area contributed by atoms with Crippen LogP contribution in [0.3, 0.4) is 0 Å². The van der Waals surface area contributed by atoms with Crippen molar-refractivity contribution in [2.24, 2.45) is 0 Å². The Bertz CT molecular complexity index is 2110. The van der Waals surface area contributed by atoms with Crippen molar-refractivity contribution in [2.75, 3.05) is 16.0 Å². The van der Waals surface area contributed by atoms with Crippen LogP contribution in [0.15, 0.2) is 144 Å². The molecule has 2 heterocycles. The van der Waals surface area contributed by atoms with Crippen LogP contribution in [0.4, 0.5) is 17.1 Å². The predicted molar refractivity (Wildman–Crippen MR) is 193 cm³/mol. The molecule has 0 saturated heterocycles. The number of para-hydroxylation sites is 3. The van der Waals surface area contributed by atoms with E-state index in [0.717, 1.165) is 56.7 Å². The molecule has 0 atom stereocenters. The Balaban J connectivity index is 1.06. The Kier molecular flexibility index (Phi) is 8.89. The van der Waals surface area contributed by atoms with Crippen LogP contribution < -0.4 is 15.5 Å². The van der Waals surface area contributed by atoms with Gasteiger partial charge in [0.1, 0.15) is 5.70 Å². The summed E-state index contributed by atoms with van der Waals surface area (Å²) in [5.74, 6) is -0.598. The monoisotopic (exact) mass is 648 g/mol. The molecule has 0 fully saturated rings. The maximum absolute atomic E-state index is 13.7. The lowest BCUT2D eigenvalue weighted by Crippen LogP contribution is -2.30. The number of fused-ring (bicyclic) bond motifs is 3. The summed E-state index contributed by atoms with van der Waals surface area (Å²) in [5, 5.41) is 6.65. The summed E-state index contributed by atoms with van der Waals surface area (Å²) in [4.78, 5) is 46.4. The van der Waals surface area contributed by atoms with Gasteiger partial charge in [-0.05, 0) is 84.6 Å². The van der Waals surface area contributed by atoms with Gasteiger partial charge in [0.15, 0.2) is 0 Å². The molecule has 1 aromatic heterocycles. The summed E-state index contributed by atoms with van der Waals surface area (Å²) in [6.45, 7) is 0. The van der Waals surface area contributed by atoms with Gasteiger partial charge in [-0.1, -0.05) is 72.8 Å². The molecule has 0 bridgehead atoms. The van der Waals surface area contributed by atoms with E-state index in [-0.39, 0.29) is 23.3 Å². The molecular formula is C40H32N4O3S. The highest BCUT2D eigenvalue weighted by molar-refractivity contribution is 8.00. The van der Waals surface area contributed by atoms with E-state index >= 15 is 0 Å². The molecule has 236 valence electrons. The molecular weight excluding hydrogens is 617 g/mol. The smallest absolute Gasteiger partial charge is 0.272 e. The fourth-order valence-electron chi connectivity index (χ4n) is 5.90. The number of hydrogen-bond donors (Lipinski definition) is 3. The van der Waals surface area contributed by atoms with Gasteiger partial charge in [-0.15, -0.1) is 11.8 Å². The van der Waals surface area contributed by atoms with Crippen molar-refractivity contribution in [3.63, 3.8) is 0 Å². The standard InChI is InChI=1S/C40H32N4O3S/c45-38(44-36-16-8-4-10-27(36)18-19-28-11-5-9-17-37(28)44)26-48-32-22-20-31(21-23-32)42-40(47)35(43-39(46)29-12-2-1-3-13-29)24-30-25-41-34-15-7-6-14-33(30)34/h1-17,20-25,41H,18-19,26H2,(H,42,47)(H,43,46)/b35-24+. The summed E-state index contributed by atoms with van der Waals surface area (Å²) in [6, 6.07) is 40.1. The van der Waals surface area contributed by atoms with Crippen molar-refractivity contribution in [1.82, 2.24) is 10.3 Å². The van der Waals surface area contributed by atoms with Crippen LogP contribution in [0.1, 0.15) is 27.0 Å². The Morgan fingerprint density at radius 2 is 1.35 bits per heavy atom. The summed E-state index contributed by atoms with van der Waals surface area (Å²) in [6.07, 6.45) is 5.24. The number of nitrogens with zero attached hydrogens (tertiary/aromatic N) is 1. The Labute approximate surface area is 282 Å². The first-order valence-corrected chi connectivity index (χ1v) is 16.7. The first-order valence-electron chi connectivity index (χ1n) is 15.7. The van der Waals surface area contributed by atoms with Gasteiger partial charge in [-0.3, -0.25) is 19.3 Å². The number of aromatic amines is 1. The third-order valence-electron chi connectivity index (χ3n) is 8.30. The van der Waals surface area contributed by atoms with E-state index in [0.29, 0.717) is 11.3 Å². The molecule has 0 saturated carbocycles. The fraction of sp³-hybridized carbons (Fsp3) is 0.0750. The number of aromatic nitrogens is 1. The number of amides is 3. The number of carbonyl (C=O) groups excluding carboxylic acids is 3. The molecule has 0 aliphatic carbocycles. The first kappa shape index (κ1) is 30.8. The average molecular weight is 649 g/mol. The van der Waals surface area contributed by atoms with Crippen molar-refractivity contribution >= 4 is 63.5 Å². The quantitative estimate of drug-likeness (QED) is 0.115. The zero-order chi connectivity index (χ0) is 32.9. The second kappa shape index (κ2) is 13.9. The number of H-pyrrole nitrogens is 1. The molecule has 3 N–H and O–H groups in total. The second-order valence-corrected chi connectivity index (χ2v) is 12.5. The summed E-state index contributed by atoms with van der Waals surface area (Å²) < 4.78 is 0. The van der Waals surface area contributed by atoms with E-state index in [2.05, 4.69) is 27.8 Å². The fourth-order valence-corrected chi connectivity index (χ4v) is 6.65. The lowest BCUT2D eigenvalue weighted by atomic mass is 10.0. The normalized spacial score (nSPS) is 12.5. The van der Waals surface area contributed by atoms with Crippen molar-refractivity contribution < 1.29 is 14.4 Å². The van der Waals surface area contributed by atoms with Gasteiger partial charge in [-0.25, -0.2) is 0 Å². The minimum absolute atomic E-state index is 0.000367. The van der Waals surface area contributed by atoms with Crippen LogP contribution in [0.5, 0.6) is 0 Å². The number of rotatable bonds is 8. The molecule has 6 aromatic rings. The number of carbonyl (C=O) groups is 3. The Morgan fingerprint density at radius 3 is 2.06 bits per heavy atom. The maximum Gasteiger partial charge on any atom is 0.272 e. The Hall–Kier alpha value is -5.86. The minimum atomic E-state index is -0.460. The molecule has 0 radical (unpaired) electrons. The number of aryl methyl sites for hydroxylation is 2. The zero-order valence-electron chi connectivity index (χ0n) is 26.0. The first-order chi connectivity index (χ1) is 23.5. The molecule has 1 aliphatic rings. The van der Waals surface area contributed by atoms with E-state index in [4.69, 9.17) is 0 Å². The van der Waals surface area contributed by atoms with E-state index in [9.17, 15) is 14.4 Å². The van der Waals surface area contributed by atoms with Crippen LogP contribution in [0.2, 0.25) is 0 Å². The van der Waals surface area contributed by atoms with E-state index in [1.165, 1.54) is 11.8 Å². The SMILES string of the molecule is O=C(Nc1ccc(SCC(=O)N2c3ccccc3CCc3ccccc32)cc1)/C(=C\c1c[nH]c2ccccc12)NC(=O)c1ccccc1. The number of nitrogens with one attached hydrogen (secondary N) is 3. The lowest BCUT2D eigenvalue weighted by molar-refractivity contribution is -0.115. The van der Waals surface area contributed by atoms with E-state index < -0.39 is 5.91 Å². The van der Waals surface area contributed by atoms with Gasteiger partial charge in [0.05, 0.1) is 17.1 Å². The van der Waals surface area contributed by atoms with Crippen LogP contribution in [0, 0.1) is 0 Å². The third-order valence-corrected chi connectivity index (χ3v) is 9.30. The van der Waals surface area contributed by atoms with E-state index in [1.807, 2.05) is 90.0 Å². The predicted octanol–water partition coefficient (Wildman–Crippen LogP) is 8.13. The van der Waals surface area contributed by atoms with Gasteiger partial charge in [0.25, 0.3) is 11.8 Å². The number of hydrogen-bond acceptors (Lipinski definition) is 4. The van der Waals surface area contributed by atoms with Crippen molar-refractivity contribution in [3.05, 3.63) is 162 Å². The highest BCUT2D eigenvalue weighted by atomic mass is 32.2. The van der Waals surface area contributed by atoms with Crippen molar-refractivity contribution in [2.45, 2.75) is 17.7 Å². The van der Waals surface area contributed by atoms with Gasteiger partial charge >= 0.3 is 0 Å². The van der Waals surface area contributed by atoms with Gasteiger partial charge < -0.3 is 15.6 Å². The summed E-state index contributed by atoms with van der Waals surface area (Å²) in [5.41, 5.74) is 6.99. The highest BCUT2D eigenvalue weighted by Gasteiger charge is 2.25. The third kappa shape index (κ3) is 6.65. The lowest BCUT2D eigenvalue weighted by Gasteiger charge is -2.25. The van der Waals surface area contributed by atoms with Crippen LogP contribution in [-0.4, -0.2) is 28.5 Å². The van der Waals surface area contributed by atoms with Crippen LogP contribution in [0.25, 0.3) is 17.0 Å². The topological polar surface area (TPSA) is 94.3 Å². The minimum Gasteiger partial charge on any atom is -0.361 e.